The number of benzene rings is 1. The highest BCUT2D eigenvalue weighted by molar-refractivity contribution is 5.36. The van der Waals surface area contributed by atoms with Crippen LogP contribution >= 0.6 is 0 Å². The van der Waals surface area contributed by atoms with Crippen molar-refractivity contribution in [3.05, 3.63) is 29.3 Å². The van der Waals surface area contributed by atoms with Crippen molar-refractivity contribution in [1.82, 2.24) is 5.32 Å². The highest BCUT2D eigenvalue weighted by atomic mass is 16.5. The van der Waals surface area contributed by atoms with Gasteiger partial charge in [-0.05, 0) is 44.9 Å². The zero-order valence-corrected chi connectivity index (χ0v) is 13.0. The third kappa shape index (κ3) is 2.24. The molecule has 0 aromatic heterocycles. The van der Waals surface area contributed by atoms with Crippen LogP contribution in [0.4, 0.5) is 0 Å². The first-order valence-corrected chi connectivity index (χ1v) is 8.13. The molecule has 2 saturated carbocycles. The average Bonchev–Trinajstić information content (AvgIpc) is 2.92. The molecular weight excluding hydrogens is 246 g/mol. The molecule has 1 aromatic rings. The summed E-state index contributed by atoms with van der Waals surface area (Å²) in [6.45, 7) is 7.58. The van der Waals surface area contributed by atoms with Gasteiger partial charge in [-0.3, -0.25) is 0 Å². The van der Waals surface area contributed by atoms with Crippen LogP contribution in [0, 0.1) is 19.3 Å². The van der Waals surface area contributed by atoms with Gasteiger partial charge in [-0.2, -0.15) is 0 Å². The zero-order valence-electron chi connectivity index (χ0n) is 13.0. The lowest BCUT2D eigenvalue weighted by Gasteiger charge is -2.54. The molecule has 2 fully saturated rings. The maximum atomic E-state index is 6.41. The van der Waals surface area contributed by atoms with Crippen LogP contribution in [0.15, 0.2) is 18.2 Å². The third-order valence-electron chi connectivity index (χ3n) is 5.37. The van der Waals surface area contributed by atoms with E-state index in [9.17, 15) is 0 Å². The van der Waals surface area contributed by atoms with Crippen LogP contribution in [0.3, 0.4) is 0 Å². The lowest BCUT2D eigenvalue weighted by atomic mass is 9.60. The highest BCUT2D eigenvalue weighted by Crippen LogP contribution is 2.54. The second-order valence-corrected chi connectivity index (χ2v) is 6.66. The van der Waals surface area contributed by atoms with E-state index in [-0.39, 0.29) is 0 Å². The molecule has 0 saturated heterocycles. The normalized spacial score (nSPS) is 27.6. The summed E-state index contributed by atoms with van der Waals surface area (Å²) in [5.41, 5.74) is 2.99. The maximum absolute atomic E-state index is 6.41. The fourth-order valence-corrected chi connectivity index (χ4v) is 4.23. The fraction of sp³-hybridized carbons (Fsp3) is 0.667. The third-order valence-corrected chi connectivity index (χ3v) is 5.37. The first kappa shape index (κ1) is 13.9. The van der Waals surface area contributed by atoms with Crippen LogP contribution in [0.25, 0.3) is 0 Å². The van der Waals surface area contributed by atoms with Gasteiger partial charge in [0.25, 0.3) is 0 Å². The Hall–Kier alpha value is -1.02. The summed E-state index contributed by atoms with van der Waals surface area (Å²) in [6.07, 6.45) is 6.99. The van der Waals surface area contributed by atoms with Gasteiger partial charge in [0.1, 0.15) is 11.9 Å². The van der Waals surface area contributed by atoms with E-state index in [4.69, 9.17) is 4.74 Å². The van der Waals surface area contributed by atoms with Crippen molar-refractivity contribution >= 4 is 0 Å². The quantitative estimate of drug-likeness (QED) is 0.895. The summed E-state index contributed by atoms with van der Waals surface area (Å²) in [5, 5.41) is 3.67. The Balaban J connectivity index is 1.74. The van der Waals surface area contributed by atoms with Crippen molar-refractivity contribution in [3.63, 3.8) is 0 Å². The Labute approximate surface area is 122 Å². The largest absolute Gasteiger partial charge is 0.489 e. The molecule has 0 heterocycles. The molecule has 0 amide bonds. The monoisotopic (exact) mass is 273 g/mol. The molecule has 0 radical (unpaired) electrons. The molecule has 2 heteroatoms. The van der Waals surface area contributed by atoms with Crippen LogP contribution in [0.1, 0.15) is 50.2 Å². The van der Waals surface area contributed by atoms with E-state index in [1.54, 1.807) is 0 Å². The molecule has 1 aromatic carbocycles. The maximum Gasteiger partial charge on any atom is 0.122 e. The minimum Gasteiger partial charge on any atom is -0.489 e. The summed E-state index contributed by atoms with van der Waals surface area (Å²) in [7, 11) is 0. The molecule has 0 bridgehead atoms. The Morgan fingerprint density at radius 3 is 2.65 bits per heavy atom. The Kier molecular flexibility index (Phi) is 3.76. The number of ether oxygens (including phenoxy) is 1. The van der Waals surface area contributed by atoms with Gasteiger partial charge in [-0.15, -0.1) is 0 Å². The Morgan fingerprint density at radius 1 is 1.25 bits per heavy atom. The zero-order chi connectivity index (χ0) is 14.2. The van der Waals surface area contributed by atoms with Gasteiger partial charge in [-0.1, -0.05) is 37.5 Å². The average molecular weight is 273 g/mol. The fourth-order valence-electron chi connectivity index (χ4n) is 4.23. The van der Waals surface area contributed by atoms with E-state index >= 15 is 0 Å². The molecule has 2 unspecified atom stereocenters. The molecule has 2 aliphatic carbocycles. The predicted molar refractivity (Wildman–Crippen MR) is 83.3 cm³/mol. The van der Waals surface area contributed by atoms with Gasteiger partial charge in [-0.25, -0.2) is 0 Å². The molecule has 2 atom stereocenters. The topological polar surface area (TPSA) is 21.3 Å². The van der Waals surface area contributed by atoms with Crippen molar-refractivity contribution in [1.29, 1.82) is 0 Å². The number of rotatable bonds is 4. The van der Waals surface area contributed by atoms with Gasteiger partial charge < -0.3 is 10.1 Å². The molecule has 1 spiro atoms. The minimum absolute atomic E-state index is 0.410. The van der Waals surface area contributed by atoms with Crippen LogP contribution in [0.2, 0.25) is 0 Å². The Bertz CT molecular complexity index is 476. The lowest BCUT2D eigenvalue weighted by molar-refractivity contribution is -0.0758. The number of aryl methyl sites for hydroxylation is 2. The van der Waals surface area contributed by atoms with E-state index in [0.29, 0.717) is 17.6 Å². The molecule has 2 nitrogen and oxygen atoms in total. The molecule has 110 valence electrons. The van der Waals surface area contributed by atoms with Gasteiger partial charge >= 0.3 is 0 Å². The van der Waals surface area contributed by atoms with E-state index in [1.165, 1.54) is 43.2 Å². The SMILES string of the molecule is CCNC1CC(Oc2ccc(C)cc2C)C12CCCC2. The molecule has 3 rings (SSSR count). The smallest absolute Gasteiger partial charge is 0.122 e. The molecule has 0 aliphatic heterocycles. The van der Waals surface area contributed by atoms with Crippen molar-refractivity contribution in [3.8, 4) is 5.75 Å². The minimum atomic E-state index is 0.410. The molecule has 2 aliphatic rings. The summed E-state index contributed by atoms with van der Waals surface area (Å²) >= 11 is 0. The van der Waals surface area contributed by atoms with Gasteiger partial charge in [0.05, 0.1) is 0 Å². The van der Waals surface area contributed by atoms with Gasteiger partial charge in [0, 0.05) is 17.9 Å². The van der Waals surface area contributed by atoms with Gasteiger partial charge in [0.15, 0.2) is 0 Å². The first-order chi connectivity index (χ1) is 9.65. The van der Waals surface area contributed by atoms with E-state index in [1.807, 2.05) is 0 Å². The number of hydrogen-bond donors (Lipinski definition) is 1. The molecule has 20 heavy (non-hydrogen) atoms. The van der Waals surface area contributed by atoms with Crippen molar-refractivity contribution in [2.45, 2.75) is 65.0 Å². The van der Waals surface area contributed by atoms with Gasteiger partial charge in [0.2, 0.25) is 0 Å². The van der Waals surface area contributed by atoms with Crippen molar-refractivity contribution < 1.29 is 4.74 Å². The second kappa shape index (κ2) is 5.40. The van der Waals surface area contributed by atoms with E-state index in [0.717, 1.165) is 12.3 Å². The van der Waals surface area contributed by atoms with E-state index < -0.39 is 0 Å². The highest BCUT2D eigenvalue weighted by Gasteiger charge is 2.57. The van der Waals surface area contributed by atoms with E-state index in [2.05, 4.69) is 44.3 Å². The van der Waals surface area contributed by atoms with Crippen LogP contribution in [0.5, 0.6) is 5.75 Å². The first-order valence-electron chi connectivity index (χ1n) is 8.13. The van der Waals surface area contributed by atoms with Crippen molar-refractivity contribution in [2.24, 2.45) is 5.41 Å². The number of hydrogen-bond acceptors (Lipinski definition) is 2. The van der Waals surface area contributed by atoms with Crippen LogP contribution in [-0.2, 0) is 0 Å². The van der Waals surface area contributed by atoms with Crippen LogP contribution in [-0.4, -0.2) is 18.7 Å². The lowest BCUT2D eigenvalue weighted by Crippen LogP contribution is -2.63. The molecule has 1 N–H and O–H groups in total. The predicted octanol–water partition coefficient (Wildman–Crippen LogP) is 3.99. The van der Waals surface area contributed by atoms with Crippen molar-refractivity contribution in [2.75, 3.05) is 6.54 Å². The second-order valence-electron chi connectivity index (χ2n) is 6.66. The number of nitrogens with one attached hydrogen (secondary N) is 1. The Morgan fingerprint density at radius 2 is 2.00 bits per heavy atom. The van der Waals surface area contributed by atoms with Crippen LogP contribution < -0.4 is 10.1 Å². The summed E-state index contributed by atoms with van der Waals surface area (Å²) < 4.78 is 6.41. The molecular formula is C18H27NO. The summed E-state index contributed by atoms with van der Waals surface area (Å²) in [4.78, 5) is 0. The summed E-state index contributed by atoms with van der Waals surface area (Å²) in [6, 6.07) is 7.19. The standard InChI is InChI=1S/C18H27NO/c1-4-19-16-12-17(18(16)9-5-6-10-18)20-15-8-7-13(2)11-14(15)3/h7-8,11,16-17,19H,4-6,9-10,12H2,1-3H3. The summed E-state index contributed by atoms with van der Waals surface area (Å²) in [5.74, 6) is 1.09.